The maximum Gasteiger partial charge on any atom is 0.234 e. The molecule has 1 amide bonds. The molecular weight excluding hydrogens is 386 g/mol. The van der Waals surface area contributed by atoms with Crippen LogP contribution in [0.3, 0.4) is 0 Å². The summed E-state index contributed by atoms with van der Waals surface area (Å²) in [7, 11) is 1.63. The van der Waals surface area contributed by atoms with Crippen molar-refractivity contribution >= 4 is 11.9 Å². The molecule has 30 heavy (non-hydrogen) atoms. The van der Waals surface area contributed by atoms with Gasteiger partial charge in [-0.25, -0.2) is 0 Å². The molecule has 1 aliphatic rings. The van der Waals surface area contributed by atoms with Crippen LogP contribution in [0.2, 0.25) is 0 Å². The molecule has 1 aromatic rings. The van der Waals surface area contributed by atoms with E-state index in [0.29, 0.717) is 19.7 Å². The predicted octanol–water partition coefficient (Wildman–Crippen LogP) is 0.575. The molecule has 2 N–H and O–H groups in total. The summed E-state index contributed by atoms with van der Waals surface area (Å²) in [6.07, 6.45) is 3.41. The fourth-order valence-corrected chi connectivity index (χ4v) is 3.19. The second-order valence-corrected chi connectivity index (χ2v) is 7.12. The number of amides is 1. The Balaban J connectivity index is 1.78. The molecule has 0 spiro atoms. The van der Waals surface area contributed by atoms with Gasteiger partial charge in [-0.3, -0.25) is 14.7 Å². The average Bonchev–Trinajstić information content (AvgIpc) is 3.27. The lowest BCUT2D eigenvalue weighted by Crippen LogP contribution is -2.54. The minimum Gasteiger partial charge on any atom is -0.469 e. The topological polar surface area (TPSA) is 91.6 Å². The molecule has 9 heteroatoms. The highest BCUT2D eigenvalue weighted by atomic mass is 16.5. The zero-order valence-corrected chi connectivity index (χ0v) is 18.4. The summed E-state index contributed by atoms with van der Waals surface area (Å²) in [5.41, 5.74) is 0. The lowest BCUT2D eigenvalue weighted by atomic mass is 10.3. The van der Waals surface area contributed by atoms with Crippen LogP contribution in [-0.4, -0.2) is 101 Å². The summed E-state index contributed by atoms with van der Waals surface area (Å²) in [4.78, 5) is 21.2. The normalized spacial score (nSPS) is 15.4. The molecule has 1 fully saturated rings. The number of hydrogen-bond acceptors (Lipinski definition) is 6. The molecule has 2 heterocycles. The predicted molar refractivity (Wildman–Crippen MR) is 117 cm³/mol. The van der Waals surface area contributed by atoms with Crippen molar-refractivity contribution in [3.8, 4) is 0 Å². The summed E-state index contributed by atoms with van der Waals surface area (Å²) in [6, 6.07) is 3.89. The van der Waals surface area contributed by atoms with Gasteiger partial charge < -0.3 is 29.4 Å². The zero-order valence-electron chi connectivity index (χ0n) is 18.4. The Labute approximate surface area is 179 Å². The Kier molecular flexibility index (Phi) is 11.9. The molecule has 0 bridgehead atoms. The number of methoxy groups -OCH3 is 1. The van der Waals surface area contributed by atoms with E-state index in [9.17, 15) is 4.79 Å². The van der Waals surface area contributed by atoms with Gasteiger partial charge in [0.25, 0.3) is 0 Å². The van der Waals surface area contributed by atoms with Crippen molar-refractivity contribution in [3.63, 3.8) is 0 Å². The van der Waals surface area contributed by atoms with E-state index in [-0.39, 0.29) is 5.91 Å². The molecule has 0 aliphatic carbocycles. The number of carbonyl (C=O) groups excluding carboxylic acids is 1. The third kappa shape index (κ3) is 9.60. The first-order valence-electron chi connectivity index (χ1n) is 10.8. The van der Waals surface area contributed by atoms with E-state index < -0.39 is 0 Å². The quantitative estimate of drug-likeness (QED) is 0.272. The number of piperazine rings is 1. The zero-order chi connectivity index (χ0) is 21.4. The van der Waals surface area contributed by atoms with E-state index in [4.69, 9.17) is 18.9 Å². The van der Waals surface area contributed by atoms with Gasteiger partial charge in [0.15, 0.2) is 5.96 Å². The molecule has 1 aromatic heterocycles. The van der Waals surface area contributed by atoms with Crippen LogP contribution in [0.4, 0.5) is 0 Å². The van der Waals surface area contributed by atoms with Crippen LogP contribution in [0.1, 0.15) is 19.1 Å². The first kappa shape index (κ1) is 24.2. The number of ether oxygens (including phenoxy) is 2. The van der Waals surface area contributed by atoms with Crippen molar-refractivity contribution in [2.24, 2.45) is 4.99 Å². The first-order chi connectivity index (χ1) is 14.7. The van der Waals surface area contributed by atoms with E-state index in [0.717, 1.165) is 77.0 Å². The highest BCUT2D eigenvalue weighted by molar-refractivity contribution is 5.80. The van der Waals surface area contributed by atoms with Crippen molar-refractivity contribution in [3.05, 3.63) is 24.2 Å². The number of aliphatic imine (C=N–C) groups is 1. The molecule has 9 nitrogen and oxygen atoms in total. The molecule has 0 saturated carbocycles. The van der Waals surface area contributed by atoms with Gasteiger partial charge >= 0.3 is 0 Å². The third-order valence-electron chi connectivity index (χ3n) is 4.81. The molecule has 0 aromatic carbocycles. The van der Waals surface area contributed by atoms with Gasteiger partial charge in [-0.05, 0) is 25.5 Å². The Morgan fingerprint density at radius 3 is 2.73 bits per heavy atom. The molecule has 1 aliphatic heterocycles. The standard InChI is InChI=1S/C21H37N5O4/c1-3-29-15-5-8-23-21(24-9-7-19-6-4-16-30-19)26-13-11-25(12-14-26)18-20(27)22-10-17-28-2/h4,6,16H,3,5,7-15,17-18H2,1-2H3,(H,22,27)(H,23,24). The van der Waals surface area contributed by atoms with E-state index >= 15 is 0 Å². The molecule has 2 rings (SSSR count). The summed E-state index contributed by atoms with van der Waals surface area (Å²) in [5, 5.41) is 6.35. The number of hydrogen-bond donors (Lipinski definition) is 2. The van der Waals surface area contributed by atoms with Crippen LogP contribution in [0.15, 0.2) is 27.8 Å². The minimum absolute atomic E-state index is 0.0434. The van der Waals surface area contributed by atoms with Crippen LogP contribution in [0.5, 0.6) is 0 Å². The van der Waals surface area contributed by atoms with Crippen LogP contribution in [0.25, 0.3) is 0 Å². The first-order valence-corrected chi connectivity index (χ1v) is 10.8. The highest BCUT2D eigenvalue weighted by Crippen LogP contribution is 2.04. The van der Waals surface area contributed by atoms with Crippen LogP contribution in [0, 0.1) is 0 Å². The molecule has 1 saturated heterocycles. The second-order valence-electron chi connectivity index (χ2n) is 7.12. The third-order valence-corrected chi connectivity index (χ3v) is 4.81. The lowest BCUT2D eigenvalue weighted by molar-refractivity contribution is -0.122. The van der Waals surface area contributed by atoms with Gasteiger partial charge in [-0.2, -0.15) is 0 Å². The highest BCUT2D eigenvalue weighted by Gasteiger charge is 2.21. The van der Waals surface area contributed by atoms with Gasteiger partial charge in [-0.15, -0.1) is 0 Å². The van der Waals surface area contributed by atoms with Crippen molar-refractivity contribution in [1.82, 2.24) is 20.4 Å². The summed E-state index contributed by atoms with van der Waals surface area (Å²) in [5.74, 6) is 1.92. The van der Waals surface area contributed by atoms with Gasteiger partial charge in [0.05, 0.1) is 19.4 Å². The van der Waals surface area contributed by atoms with Crippen molar-refractivity contribution in [1.29, 1.82) is 0 Å². The molecular formula is C21H37N5O4. The van der Waals surface area contributed by atoms with E-state index in [1.807, 2.05) is 19.1 Å². The van der Waals surface area contributed by atoms with Crippen LogP contribution >= 0.6 is 0 Å². The van der Waals surface area contributed by atoms with Gasteiger partial charge in [0, 0.05) is 72.6 Å². The lowest BCUT2D eigenvalue weighted by Gasteiger charge is -2.36. The average molecular weight is 424 g/mol. The van der Waals surface area contributed by atoms with E-state index in [1.165, 1.54) is 0 Å². The van der Waals surface area contributed by atoms with Gasteiger partial charge in [-0.1, -0.05) is 0 Å². The largest absolute Gasteiger partial charge is 0.469 e. The monoisotopic (exact) mass is 423 g/mol. The number of nitrogens with zero attached hydrogens (tertiary/aromatic N) is 3. The SMILES string of the molecule is CCOCCCN=C(NCCc1ccco1)N1CCN(CC(=O)NCCOC)CC1. The summed E-state index contributed by atoms with van der Waals surface area (Å²) >= 11 is 0. The summed E-state index contributed by atoms with van der Waals surface area (Å²) in [6.45, 7) is 9.79. The second kappa shape index (κ2) is 14.8. The Bertz CT molecular complexity index is 601. The Hall–Kier alpha value is -2.10. The number of rotatable bonds is 13. The molecule has 0 unspecified atom stereocenters. The maximum atomic E-state index is 12.0. The number of furan rings is 1. The minimum atomic E-state index is 0.0434. The Morgan fingerprint density at radius 2 is 2.03 bits per heavy atom. The summed E-state index contributed by atoms with van der Waals surface area (Å²) < 4.78 is 15.8. The molecule has 170 valence electrons. The van der Waals surface area contributed by atoms with Gasteiger partial charge in [0.2, 0.25) is 5.91 Å². The van der Waals surface area contributed by atoms with E-state index in [1.54, 1.807) is 13.4 Å². The number of guanidine groups is 1. The van der Waals surface area contributed by atoms with Crippen molar-refractivity contribution < 1.29 is 18.7 Å². The van der Waals surface area contributed by atoms with Crippen molar-refractivity contribution in [2.45, 2.75) is 19.8 Å². The van der Waals surface area contributed by atoms with Crippen molar-refractivity contribution in [2.75, 3.05) is 79.3 Å². The van der Waals surface area contributed by atoms with Gasteiger partial charge in [0.1, 0.15) is 5.76 Å². The van der Waals surface area contributed by atoms with Crippen LogP contribution < -0.4 is 10.6 Å². The smallest absolute Gasteiger partial charge is 0.234 e. The number of carbonyl (C=O) groups is 1. The molecule has 0 radical (unpaired) electrons. The fraction of sp³-hybridized carbons (Fsp3) is 0.714. The van der Waals surface area contributed by atoms with E-state index in [2.05, 4.69) is 20.4 Å². The molecule has 0 atom stereocenters. The number of nitrogens with one attached hydrogen (secondary N) is 2. The van der Waals surface area contributed by atoms with Crippen LogP contribution in [-0.2, 0) is 20.7 Å². The fourth-order valence-electron chi connectivity index (χ4n) is 3.19. The maximum absolute atomic E-state index is 12.0. The Morgan fingerprint density at radius 1 is 1.20 bits per heavy atom.